The molecule has 0 aliphatic carbocycles. The molecule has 0 saturated carbocycles. The fraction of sp³-hybridized carbons (Fsp3) is 0.167. The van der Waals surface area contributed by atoms with Crippen LogP contribution in [0.1, 0.15) is 21.5 Å². The summed E-state index contributed by atoms with van der Waals surface area (Å²) < 4.78 is 24.2. The van der Waals surface area contributed by atoms with Gasteiger partial charge in [0, 0.05) is 18.2 Å². The van der Waals surface area contributed by atoms with E-state index in [0.29, 0.717) is 29.2 Å². The van der Waals surface area contributed by atoms with E-state index in [0.717, 1.165) is 5.56 Å². The molecule has 0 radical (unpaired) electrons. The van der Waals surface area contributed by atoms with Gasteiger partial charge < -0.3 is 14.4 Å². The van der Waals surface area contributed by atoms with E-state index >= 15 is 0 Å². The first kappa shape index (κ1) is 20.9. The Kier molecular flexibility index (Phi) is 7.01. The van der Waals surface area contributed by atoms with E-state index in [1.807, 2.05) is 12.1 Å². The van der Waals surface area contributed by atoms with Crippen LogP contribution >= 0.6 is 0 Å². The van der Waals surface area contributed by atoms with Crippen molar-refractivity contribution in [3.8, 4) is 17.6 Å². The van der Waals surface area contributed by atoms with Gasteiger partial charge in [0.25, 0.3) is 5.91 Å². The maximum absolute atomic E-state index is 12.9. The first-order chi connectivity index (χ1) is 14.6. The molecule has 0 aliphatic heterocycles. The summed E-state index contributed by atoms with van der Waals surface area (Å²) in [6.07, 6.45) is 0. The summed E-state index contributed by atoms with van der Waals surface area (Å²) in [4.78, 5) is 14.2. The van der Waals surface area contributed by atoms with E-state index in [1.54, 1.807) is 60.5 Å². The lowest BCUT2D eigenvalue weighted by Gasteiger charge is -2.18. The Balaban J connectivity index is 1.55. The summed E-state index contributed by atoms with van der Waals surface area (Å²) in [5.41, 5.74) is 1.84. The number of hydrogen-bond acceptors (Lipinski definition) is 4. The van der Waals surface area contributed by atoms with Gasteiger partial charge in [-0.05, 0) is 48.5 Å². The van der Waals surface area contributed by atoms with Gasteiger partial charge in [-0.15, -0.1) is 0 Å². The van der Waals surface area contributed by atoms with E-state index in [2.05, 4.69) is 6.07 Å². The molecule has 3 rings (SSSR count). The highest BCUT2D eigenvalue weighted by Crippen LogP contribution is 2.18. The van der Waals surface area contributed by atoms with Crippen LogP contribution in [0.15, 0.2) is 72.8 Å². The van der Waals surface area contributed by atoms with Crippen LogP contribution in [0.4, 0.5) is 4.39 Å². The maximum Gasteiger partial charge on any atom is 0.253 e. The Labute approximate surface area is 174 Å². The van der Waals surface area contributed by atoms with Crippen molar-refractivity contribution < 1.29 is 18.7 Å². The number of hydrogen-bond donors (Lipinski definition) is 0. The normalized spacial score (nSPS) is 10.2. The lowest BCUT2D eigenvalue weighted by Crippen LogP contribution is -2.30. The number of nitrogens with zero attached hydrogens (tertiary/aromatic N) is 2. The second-order valence-corrected chi connectivity index (χ2v) is 6.61. The van der Waals surface area contributed by atoms with Crippen molar-refractivity contribution in [2.75, 3.05) is 20.2 Å². The molecular weight excluding hydrogens is 383 g/mol. The third kappa shape index (κ3) is 5.58. The first-order valence-electron chi connectivity index (χ1n) is 9.41. The van der Waals surface area contributed by atoms with Crippen molar-refractivity contribution in [3.63, 3.8) is 0 Å². The smallest absolute Gasteiger partial charge is 0.253 e. The third-order valence-corrected chi connectivity index (χ3v) is 4.47. The molecule has 0 aliphatic rings. The Morgan fingerprint density at radius 3 is 2.53 bits per heavy atom. The largest absolute Gasteiger partial charge is 0.492 e. The Hall–Kier alpha value is -3.85. The summed E-state index contributed by atoms with van der Waals surface area (Å²) in [5, 5.41) is 9.17. The van der Waals surface area contributed by atoms with Crippen molar-refractivity contribution in [1.82, 2.24) is 4.90 Å². The molecule has 5 nitrogen and oxygen atoms in total. The number of likely N-dealkylation sites (N-methyl/N-ethyl adjacent to an activating group) is 1. The Bertz CT molecular complexity index is 1040. The van der Waals surface area contributed by atoms with Crippen molar-refractivity contribution in [2.24, 2.45) is 0 Å². The number of halogens is 1. The lowest BCUT2D eigenvalue weighted by molar-refractivity contribution is 0.0773. The van der Waals surface area contributed by atoms with Crippen molar-refractivity contribution in [2.45, 2.75) is 6.61 Å². The van der Waals surface area contributed by atoms with Crippen LogP contribution in [-0.4, -0.2) is 31.0 Å². The van der Waals surface area contributed by atoms with Gasteiger partial charge in [0.15, 0.2) is 0 Å². The van der Waals surface area contributed by atoms with Crippen LogP contribution in [0.25, 0.3) is 0 Å². The molecule has 30 heavy (non-hydrogen) atoms. The van der Waals surface area contributed by atoms with E-state index in [-0.39, 0.29) is 24.9 Å². The van der Waals surface area contributed by atoms with Crippen molar-refractivity contribution in [1.29, 1.82) is 5.26 Å². The standard InChI is InChI=1S/C24H21FN2O3/c1-27(13-14-29-22-11-9-21(25)10-12-22)24(28)18-7-4-8-23(15-18)30-17-20-6-3-2-5-19(20)16-26/h2-12,15H,13-14,17H2,1H3. The average Bonchev–Trinajstić information content (AvgIpc) is 2.78. The molecule has 0 saturated heterocycles. The van der Waals surface area contributed by atoms with E-state index in [9.17, 15) is 9.18 Å². The van der Waals surface area contributed by atoms with Crippen molar-refractivity contribution in [3.05, 3.63) is 95.3 Å². The van der Waals surface area contributed by atoms with Gasteiger partial charge >= 0.3 is 0 Å². The summed E-state index contributed by atoms with van der Waals surface area (Å²) in [7, 11) is 1.69. The van der Waals surface area contributed by atoms with Crippen LogP contribution in [-0.2, 0) is 6.61 Å². The summed E-state index contributed by atoms with van der Waals surface area (Å²) >= 11 is 0. The molecule has 0 heterocycles. The molecule has 3 aromatic carbocycles. The van der Waals surface area contributed by atoms with Crippen molar-refractivity contribution >= 4 is 5.91 Å². The zero-order chi connectivity index (χ0) is 21.3. The molecule has 0 spiro atoms. The van der Waals surface area contributed by atoms with Gasteiger partial charge in [0.2, 0.25) is 0 Å². The molecule has 0 N–H and O–H groups in total. The molecule has 0 bridgehead atoms. The topological polar surface area (TPSA) is 62.6 Å². The first-order valence-corrected chi connectivity index (χ1v) is 9.41. The molecule has 3 aromatic rings. The third-order valence-electron chi connectivity index (χ3n) is 4.47. The van der Waals surface area contributed by atoms with Gasteiger partial charge in [-0.3, -0.25) is 4.79 Å². The van der Waals surface area contributed by atoms with E-state index < -0.39 is 0 Å². The van der Waals surface area contributed by atoms with E-state index in [1.165, 1.54) is 12.1 Å². The Morgan fingerprint density at radius 2 is 1.77 bits per heavy atom. The number of carbonyl (C=O) groups excluding carboxylic acids is 1. The molecule has 0 atom stereocenters. The number of ether oxygens (including phenoxy) is 2. The van der Waals surface area contributed by atoms with Crippen LogP contribution in [0, 0.1) is 17.1 Å². The zero-order valence-corrected chi connectivity index (χ0v) is 16.5. The Morgan fingerprint density at radius 1 is 1.00 bits per heavy atom. The highest BCUT2D eigenvalue weighted by atomic mass is 19.1. The number of carbonyl (C=O) groups is 1. The summed E-state index contributed by atoms with van der Waals surface area (Å²) in [6.45, 7) is 0.897. The SMILES string of the molecule is CN(CCOc1ccc(F)cc1)C(=O)c1cccc(OCc2ccccc2C#N)c1. The second kappa shape index (κ2) is 10.1. The quantitative estimate of drug-likeness (QED) is 0.557. The predicted octanol–water partition coefficient (Wildman–Crippen LogP) is 4.43. The number of rotatable bonds is 8. The van der Waals surface area contributed by atoms with Gasteiger partial charge in [0.1, 0.15) is 30.5 Å². The van der Waals surface area contributed by atoms with E-state index in [4.69, 9.17) is 14.7 Å². The summed E-state index contributed by atoms with van der Waals surface area (Å²) in [5.74, 6) is 0.600. The van der Waals surface area contributed by atoms with Crippen LogP contribution in [0.5, 0.6) is 11.5 Å². The number of amides is 1. The van der Waals surface area contributed by atoms with Crippen LogP contribution < -0.4 is 9.47 Å². The summed E-state index contributed by atoms with van der Waals surface area (Å²) in [6, 6.07) is 22.0. The maximum atomic E-state index is 12.9. The fourth-order valence-corrected chi connectivity index (χ4v) is 2.79. The molecule has 1 amide bonds. The minimum Gasteiger partial charge on any atom is -0.492 e. The van der Waals surface area contributed by atoms with Gasteiger partial charge in [-0.25, -0.2) is 4.39 Å². The molecule has 6 heteroatoms. The van der Waals surface area contributed by atoms with Crippen LogP contribution in [0.2, 0.25) is 0 Å². The minimum absolute atomic E-state index is 0.166. The lowest BCUT2D eigenvalue weighted by atomic mass is 10.1. The minimum atomic E-state index is -0.326. The highest BCUT2D eigenvalue weighted by molar-refractivity contribution is 5.94. The number of benzene rings is 3. The predicted molar refractivity (Wildman–Crippen MR) is 111 cm³/mol. The van der Waals surface area contributed by atoms with Gasteiger partial charge in [-0.2, -0.15) is 5.26 Å². The van der Waals surface area contributed by atoms with Crippen LogP contribution in [0.3, 0.4) is 0 Å². The average molecular weight is 404 g/mol. The fourth-order valence-electron chi connectivity index (χ4n) is 2.79. The molecule has 0 aromatic heterocycles. The second-order valence-electron chi connectivity index (χ2n) is 6.61. The molecule has 0 fully saturated rings. The molecule has 0 unspecified atom stereocenters. The highest BCUT2D eigenvalue weighted by Gasteiger charge is 2.13. The van der Waals surface area contributed by atoms with Gasteiger partial charge in [0.05, 0.1) is 18.2 Å². The molecular formula is C24H21FN2O3. The molecule has 152 valence electrons. The monoisotopic (exact) mass is 404 g/mol. The zero-order valence-electron chi connectivity index (χ0n) is 16.5. The van der Waals surface area contributed by atoms with Gasteiger partial charge in [-0.1, -0.05) is 24.3 Å². The number of nitriles is 1.